The van der Waals surface area contributed by atoms with E-state index >= 15 is 0 Å². The van der Waals surface area contributed by atoms with E-state index in [1.54, 1.807) is 12.4 Å². The molecule has 1 atom stereocenters. The number of benzene rings is 1. The van der Waals surface area contributed by atoms with E-state index < -0.39 is 0 Å². The highest BCUT2D eigenvalue weighted by Crippen LogP contribution is 2.25. The third kappa shape index (κ3) is 4.17. The maximum absolute atomic E-state index is 13.0. The Morgan fingerprint density at radius 2 is 1.89 bits per heavy atom. The number of nitrogens with one attached hydrogen (secondary N) is 1. The molecule has 1 amide bonds. The van der Waals surface area contributed by atoms with Gasteiger partial charge in [-0.05, 0) is 44.2 Å². The maximum Gasteiger partial charge on any atom is 0.257 e. The van der Waals surface area contributed by atoms with Gasteiger partial charge in [0.25, 0.3) is 5.91 Å². The lowest BCUT2D eigenvalue weighted by molar-refractivity contribution is 0.0548. The third-order valence-electron chi connectivity index (χ3n) is 5.68. The molecule has 148 valence electrons. The van der Waals surface area contributed by atoms with Crippen molar-refractivity contribution in [2.45, 2.75) is 51.7 Å². The van der Waals surface area contributed by atoms with Crippen molar-refractivity contribution in [1.29, 1.82) is 0 Å². The highest BCUT2D eigenvalue weighted by atomic mass is 16.2. The Morgan fingerprint density at radius 3 is 2.64 bits per heavy atom. The molecule has 2 aliphatic heterocycles. The number of hydrogen-bond donors (Lipinski definition) is 1. The number of likely N-dealkylation sites (tertiary alicyclic amines) is 1. The van der Waals surface area contributed by atoms with E-state index in [0.29, 0.717) is 17.6 Å². The van der Waals surface area contributed by atoms with Crippen LogP contribution in [0.5, 0.6) is 0 Å². The minimum Gasteiger partial charge on any atom is -0.352 e. The Labute approximate surface area is 167 Å². The van der Waals surface area contributed by atoms with Crippen molar-refractivity contribution in [3.8, 4) is 0 Å². The van der Waals surface area contributed by atoms with Gasteiger partial charge in [-0.2, -0.15) is 0 Å². The molecule has 2 aromatic rings. The van der Waals surface area contributed by atoms with Crippen molar-refractivity contribution in [3.05, 3.63) is 53.3 Å². The van der Waals surface area contributed by atoms with Crippen molar-refractivity contribution in [2.75, 3.05) is 25.0 Å². The van der Waals surface area contributed by atoms with Gasteiger partial charge in [0.2, 0.25) is 5.95 Å². The van der Waals surface area contributed by atoms with Gasteiger partial charge in [0.1, 0.15) is 0 Å². The summed E-state index contributed by atoms with van der Waals surface area (Å²) in [6, 6.07) is 9.41. The first kappa shape index (κ1) is 18.9. The third-order valence-corrected chi connectivity index (χ3v) is 5.68. The van der Waals surface area contributed by atoms with Crippen LogP contribution in [0.3, 0.4) is 0 Å². The summed E-state index contributed by atoms with van der Waals surface area (Å²) in [5, 5.41) is 3.15. The normalized spacial score (nSPS) is 20.1. The molecule has 1 fully saturated rings. The first-order chi connectivity index (χ1) is 13.6. The Kier molecular flexibility index (Phi) is 5.57. The fourth-order valence-electron chi connectivity index (χ4n) is 4.22. The molecule has 2 aliphatic rings. The van der Waals surface area contributed by atoms with Crippen molar-refractivity contribution in [3.63, 3.8) is 0 Å². The molecule has 1 N–H and O–H groups in total. The fraction of sp³-hybridized carbons (Fsp3) is 0.500. The number of fused-ring (bicyclic) bond motifs is 1. The van der Waals surface area contributed by atoms with E-state index in [1.165, 1.54) is 11.1 Å². The molecule has 1 saturated heterocycles. The first-order valence-electron chi connectivity index (χ1n) is 10.3. The Hall–Kier alpha value is -2.47. The summed E-state index contributed by atoms with van der Waals surface area (Å²) < 4.78 is 0. The number of hydrogen-bond acceptors (Lipinski definition) is 5. The minimum atomic E-state index is 0.0400. The molecule has 4 rings (SSSR count). The van der Waals surface area contributed by atoms with Crippen molar-refractivity contribution < 1.29 is 4.79 Å². The molecule has 6 nitrogen and oxygen atoms in total. The summed E-state index contributed by atoms with van der Waals surface area (Å²) in [4.78, 5) is 26.1. The average molecular weight is 380 g/mol. The Bertz CT molecular complexity index is 820. The molecule has 0 radical (unpaired) electrons. The number of carbonyl (C=O) groups excluding carboxylic acids is 1. The van der Waals surface area contributed by atoms with Gasteiger partial charge in [-0.3, -0.25) is 9.69 Å². The predicted octanol–water partition coefficient (Wildman–Crippen LogP) is 2.96. The fourth-order valence-corrected chi connectivity index (χ4v) is 4.22. The smallest absolute Gasteiger partial charge is 0.257 e. The molecule has 3 heterocycles. The van der Waals surface area contributed by atoms with Crippen LogP contribution in [-0.2, 0) is 13.0 Å². The number of rotatable bonds is 4. The predicted molar refractivity (Wildman–Crippen MR) is 110 cm³/mol. The summed E-state index contributed by atoms with van der Waals surface area (Å²) in [5.74, 6) is 0.605. The molecule has 0 unspecified atom stereocenters. The molecule has 0 bridgehead atoms. The van der Waals surface area contributed by atoms with Gasteiger partial charge in [0.05, 0.1) is 5.56 Å². The van der Waals surface area contributed by atoms with Crippen LogP contribution < -0.4 is 5.32 Å². The summed E-state index contributed by atoms with van der Waals surface area (Å²) in [5.41, 5.74) is 3.47. The van der Waals surface area contributed by atoms with Gasteiger partial charge < -0.3 is 10.2 Å². The zero-order valence-electron chi connectivity index (χ0n) is 16.8. The van der Waals surface area contributed by atoms with Crippen molar-refractivity contribution >= 4 is 11.9 Å². The maximum atomic E-state index is 13.0. The molecule has 28 heavy (non-hydrogen) atoms. The van der Waals surface area contributed by atoms with Gasteiger partial charge in [0, 0.05) is 50.7 Å². The molecule has 1 aromatic heterocycles. The lowest BCUT2D eigenvalue weighted by atomic mass is 9.96. The Balaban J connectivity index is 1.40. The van der Waals surface area contributed by atoms with Crippen LogP contribution in [0.25, 0.3) is 0 Å². The van der Waals surface area contributed by atoms with Crippen molar-refractivity contribution in [1.82, 2.24) is 19.8 Å². The van der Waals surface area contributed by atoms with Gasteiger partial charge in [-0.1, -0.05) is 24.3 Å². The molecule has 0 saturated carbocycles. The topological polar surface area (TPSA) is 61.4 Å². The number of carbonyl (C=O) groups is 1. The van der Waals surface area contributed by atoms with Gasteiger partial charge in [0.15, 0.2) is 0 Å². The van der Waals surface area contributed by atoms with E-state index in [0.717, 1.165) is 45.4 Å². The lowest BCUT2D eigenvalue weighted by Gasteiger charge is -2.41. The van der Waals surface area contributed by atoms with Crippen LogP contribution >= 0.6 is 0 Å². The summed E-state index contributed by atoms with van der Waals surface area (Å²) in [6.07, 6.45) is 6.57. The lowest BCUT2D eigenvalue weighted by Crippen LogP contribution is -2.51. The second kappa shape index (κ2) is 8.27. The van der Waals surface area contributed by atoms with Crippen LogP contribution in [0.2, 0.25) is 0 Å². The average Bonchev–Trinajstić information content (AvgIpc) is 2.73. The molecular formula is C22H29N5O. The zero-order chi connectivity index (χ0) is 19.5. The van der Waals surface area contributed by atoms with Crippen molar-refractivity contribution in [2.24, 2.45) is 0 Å². The van der Waals surface area contributed by atoms with Gasteiger partial charge in [-0.25, -0.2) is 9.97 Å². The van der Waals surface area contributed by atoms with E-state index in [2.05, 4.69) is 44.5 Å². The largest absolute Gasteiger partial charge is 0.352 e. The summed E-state index contributed by atoms with van der Waals surface area (Å²) in [6.45, 7) is 7.73. The number of anilines is 1. The monoisotopic (exact) mass is 379 g/mol. The van der Waals surface area contributed by atoms with E-state index in [4.69, 9.17) is 0 Å². The minimum absolute atomic E-state index is 0.0400. The van der Waals surface area contributed by atoms with E-state index in [-0.39, 0.29) is 11.9 Å². The number of amides is 1. The van der Waals surface area contributed by atoms with Crippen LogP contribution in [0, 0.1) is 0 Å². The number of nitrogens with zero attached hydrogens (tertiary/aromatic N) is 4. The summed E-state index contributed by atoms with van der Waals surface area (Å²) >= 11 is 0. The van der Waals surface area contributed by atoms with Crippen LogP contribution in [0.1, 0.15) is 48.2 Å². The second-order valence-electron chi connectivity index (χ2n) is 8.13. The van der Waals surface area contributed by atoms with Crippen LogP contribution in [-0.4, -0.2) is 57.4 Å². The molecule has 6 heteroatoms. The quantitative estimate of drug-likeness (QED) is 0.885. The molecular weight excluding hydrogens is 350 g/mol. The van der Waals surface area contributed by atoms with E-state index in [1.807, 2.05) is 18.7 Å². The molecule has 0 spiro atoms. The Morgan fingerprint density at radius 1 is 1.14 bits per heavy atom. The molecule has 0 aliphatic carbocycles. The van der Waals surface area contributed by atoms with Crippen LogP contribution in [0.15, 0.2) is 36.7 Å². The zero-order valence-corrected chi connectivity index (χ0v) is 16.8. The molecule has 1 aromatic carbocycles. The highest BCUT2D eigenvalue weighted by Gasteiger charge is 2.30. The second-order valence-corrected chi connectivity index (χ2v) is 8.13. The highest BCUT2D eigenvalue weighted by molar-refractivity contribution is 5.93. The summed E-state index contributed by atoms with van der Waals surface area (Å²) in [7, 11) is 0. The standard InChI is InChI=1S/C22H29N5O/c1-16(2)25-22-23-12-19(13-24-22)21(28)27-10-5-8-20(15-27)26-11-9-17-6-3-4-7-18(17)14-26/h3-4,6-7,12-13,16,20H,5,8-11,14-15H2,1-2H3,(H,23,24,25)/t20-/m1/s1. The van der Waals surface area contributed by atoms with Gasteiger partial charge in [-0.15, -0.1) is 0 Å². The number of aromatic nitrogens is 2. The van der Waals surface area contributed by atoms with E-state index in [9.17, 15) is 4.79 Å². The van der Waals surface area contributed by atoms with Crippen LogP contribution in [0.4, 0.5) is 5.95 Å². The van der Waals surface area contributed by atoms with Gasteiger partial charge >= 0.3 is 0 Å². The first-order valence-corrected chi connectivity index (χ1v) is 10.3. The SMILES string of the molecule is CC(C)Nc1ncc(C(=O)N2CCC[C@@H](N3CCc4ccccc4C3)C2)cn1. The number of piperidine rings is 1.